The Labute approximate surface area is 382 Å². The quantitative estimate of drug-likeness (QED) is 0.118. The van der Waals surface area contributed by atoms with E-state index in [1.165, 1.54) is 20.8 Å². The number of esters is 4. The van der Waals surface area contributed by atoms with Gasteiger partial charge in [-0.1, -0.05) is 81.6 Å². The van der Waals surface area contributed by atoms with Crippen LogP contribution in [0.2, 0.25) is 0 Å². The molecule has 3 saturated carbocycles. The highest BCUT2D eigenvalue weighted by atomic mass is 16.9. The zero-order valence-corrected chi connectivity index (χ0v) is 40.3. The molecule has 1 N–H and O–H groups in total. The summed E-state index contributed by atoms with van der Waals surface area (Å²) in [6, 6.07) is 0. The molecule has 2 saturated heterocycles. The average Bonchev–Trinajstić information content (AvgIpc) is 3.83. The van der Waals surface area contributed by atoms with Crippen LogP contribution in [0.15, 0.2) is 34.4 Å². The third-order valence-corrected chi connectivity index (χ3v) is 18.5. The summed E-state index contributed by atoms with van der Waals surface area (Å²) in [5.74, 6) is -2.93. The second-order valence-electron chi connectivity index (χ2n) is 23.7. The van der Waals surface area contributed by atoms with Gasteiger partial charge in [0.05, 0.1) is 0 Å². The number of rotatable bonds is 7. The van der Waals surface area contributed by atoms with Crippen molar-refractivity contribution < 1.29 is 67.0 Å². The van der Waals surface area contributed by atoms with E-state index < -0.39 is 106 Å². The molecule has 0 bridgehead atoms. The molecule has 0 aromatic carbocycles. The van der Waals surface area contributed by atoms with Gasteiger partial charge in [-0.3, -0.25) is 19.2 Å². The lowest BCUT2D eigenvalue weighted by Gasteiger charge is -2.61. The number of aldehydes is 1. The number of fused-ring (bicyclic) bond motifs is 4. The molecule has 0 unspecified atom stereocenters. The van der Waals surface area contributed by atoms with Crippen LogP contribution in [0.25, 0.3) is 0 Å². The van der Waals surface area contributed by atoms with Crippen molar-refractivity contribution in [2.75, 3.05) is 6.61 Å². The fourth-order valence-corrected chi connectivity index (χ4v) is 16.4. The van der Waals surface area contributed by atoms with E-state index in [-0.39, 0.29) is 34.8 Å². The predicted molar refractivity (Wildman–Crippen MR) is 232 cm³/mol. The number of ether oxygens (including phenoxy) is 8. The van der Waals surface area contributed by atoms with Gasteiger partial charge in [-0.25, -0.2) is 4.79 Å². The van der Waals surface area contributed by atoms with Crippen molar-refractivity contribution in [1.29, 1.82) is 0 Å². The molecule has 9 aliphatic rings. The first-order valence-corrected chi connectivity index (χ1v) is 23.9. The smallest absolute Gasteiger partial charge is 0.335 e. The summed E-state index contributed by atoms with van der Waals surface area (Å²) >= 11 is 0. The average molecular weight is 907 g/mol. The van der Waals surface area contributed by atoms with Crippen molar-refractivity contribution in [2.24, 2.45) is 50.2 Å². The van der Waals surface area contributed by atoms with Gasteiger partial charge in [-0.2, -0.15) is 0 Å². The summed E-state index contributed by atoms with van der Waals surface area (Å²) in [5, 5.41) is 13.0. The molecule has 358 valence electrons. The number of hydrogen-bond acceptors (Lipinski definition) is 14. The number of carbonyl (C=O) groups excluding carboxylic acids is 5. The van der Waals surface area contributed by atoms with Gasteiger partial charge in [0.25, 0.3) is 0 Å². The molecule has 3 heterocycles. The Morgan fingerprint density at radius 2 is 1.22 bits per heavy atom. The monoisotopic (exact) mass is 906 g/mol. The molecule has 14 heteroatoms. The Bertz CT molecular complexity index is 2170. The minimum Gasteiger partial charge on any atom is -0.459 e. The van der Waals surface area contributed by atoms with E-state index in [2.05, 4.69) is 55.4 Å². The number of hydrogen-bond donors (Lipinski definition) is 1. The van der Waals surface area contributed by atoms with Crippen LogP contribution in [-0.4, -0.2) is 96.4 Å². The first kappa shape index (κ1) is 46.7. The van der Waals surface area contributed by atoms with E-state index in [0.717, 1.165) is 38.5 Å². The molecule has 3 aliphatic heterocycles. The Balaban J connectivity index is 1.21. The zero-order valence-electron chi connectivity index (χ0n) is 40.3. The summed E-state index contributed by atoms with van der Waals surface area (Å²) in [6.45, 7) is 22.9. The minimum atomic E-state index is -2.09. The topological polar surface area (TPSA) is 179 Å². The van der Waals surface area contributed by atoms with Crippen LogP contribution in [0.5, 0.6) is 0 Å². The summed E-state index contributed by atoms with van der Waals surface area (Å²) in [6.07, 6.45) is 3.64. The number of carbonyl (C=O) groups is 5. The molecule has 14 nitrogen and oxygen atoms in total. The Kier molecular flexibility index (Phi) is 10.8. The van der Waals surface area contributed by atoms with Crippen molar-refractivity contribution in [3.63, 3.8) is 0 Å². The van der Waals surface area contributed by atoms with Gasteiger partial charge < -0.3 is 43.0 Å². The second kappa shape index (κ2) is 15.0. The Morgan fingerprint density at radius 3 is 1.78 bits per heavy atom. The Hall–Kier alpha value is -3.43. The number of aliphatic hydroxyl groups is 1. The molecule has 1 spiro atoms. The van der Waals surface area contributed by atoms with Crippen molar-refractivity contribution in [2.45, 2.75) is 195 Å². The molecule has 0 radical (unpaired) electrons. The van der Waals surface area contributed by atoms with Crippen molar-refractivity contribution >= 4 is 30.2 Å². The minimum absolute atomic E-state index is 0.0443. The molecule has 9 rings (SSSR count). The van der Waals surface area contributed by atoms with Gasteiger partial charge in [-0.15, -0.1) is 0 Å². The molecular formula is C51H70O14. The normalized spacial score (nSPS) is 46.4. The number of cyclic esters (lactones) is 1. The molecule has 5 fully saturated rings. The highest BCUT2D eigenvalue weighted by Gasteiger charge is 2.78. The van der Waals surface area contributed by atoms with E-state index in [1.807, 2.05) is 13.0 Å². The first-order chi connectivity index (χ1) is 30.2. The Morgan fingerprint density at radius 1 is 0.692 bits per heavy atom. The van der Waals surface area contributed by atoms with Gasteiger partial charge in [0, 0.05) is 77.1 Å². The molecule has 0 aromatic heterocycles. The summed E-state index contributed by atoms with van der Waals surface area (Å²) in [7, 11) is 0. The largest absolute Gasteiger partial charge is 0.459 e. The highest BCUT2D eigenvalue weighted by molar-refractivity contribution is 5.94. The predicted octanol–water partition coefficient (Wildman–Crippen LogP) is 7.14. The lowest BCUT2D eigenvalue weighted by Crippen LogP contribution is -2.67. The second-order valence-corrected chi connectivity index (χ2v) is 23.7. The highest BCUT2D eigenvalue weighted by Crippen LogP contribution is 2.71. The zero-order chi connectivity index (χ0) is 47.2. The molecular weight excluding hydrogens is 837 g/mol. The molecule has 0 amide bonds. The van der Waals surface area contributed by atoms with Crippen LogP contribution in [-0.2, 0) is 61.9 Å². The third-order valence-electron chi connectivity index (χ3n) is 18.5. The summed E-state index contributed by atoms with van der Waals surface area (Å²) in [4.78, 5) is 66.4. The van der Waals surface area contributed by atoms with Crippen LogP contribution in [0.1, 0.15) is 141 Å². The van der Waals surface area contributed by atoms with Crippen LogP contribution in [0.3, 0.4) is 0 Å². The van der Waals surface area contributed by atoms with Gasteiger partial charge >= 0.3 is 23.9 Å². The van der Waals surface area contributed by atoms with Crippen LogP contribution < -0.4 is 0 Å². The van der Waals surface area contributed by atoms with Crippen LogP contribution >= 0.6 is 0 Å². The maximum absolute atomic E-state index is 13.8. The standard InChI is InChI=1S/C51H70O14/c1-26(53)59-32-22-30(50(57,25-52)48(11)20-14-17-44(4,5)37(32)48)42-64-43-51(65-42)31(23-33(60-27(2)54)38-45(6,7)18-15-21-49(38,51)12)41(63-43)62-35-29-24-58-40(56)34(29)47(10)19-13-16-46(8,9)39(47)36(35)61-28(3)55/h22-23,25,32-33,35-39,41-43,57H,13-21,24H2,1-12H3/t32-,33-,35+,36-,37+,38+,39+,41-,42-,43+,47-,48+,49+,50-,51+/m1/s1. The molecule has 6 aliphatic carbocycles. The van der Waals surface area contributed by atoms with E-state index in [9.17, 15) is 29.1 Å². The van der Waals surface area contributed by atoms with Crippen molar-refractivity contribution in [1.82, 2.24) is 0 Å². The molecule has 65 heavy (non-hydrogen) atoms. The third kappa shape index (κ3) is 6.44. The van der Waals surface area contributed by atoms with Gasteiger partial charge in [-0.05, 0) is 66.9 Å². The summed E-state index contributed by atoms with van der Waals surface area (Å²) < 4.78 is 53.2. The maximum Gasteiger partial charge on any atom is 0.335 e. The van der Waals surface area contributed by atoms with E-state index >= 15 is 0 Å². The van der Waals surface area contributed by atoms with E-state index in [0.29, 0.717) is 42.3 Å². The molecule has 0 aromatic rings. The van der Waals surface area contributed by atoms with Gasteiger partial charge in [0.1, 0.15) is 31.0 Å². The SMILES string of the molecule is CC(=O)O[C@@H]1[C@@H](O[C@@H]2O[C@H]3O[C@@H](C4=C[C@@H](OC(C)=O)[C@H]5C(C)(C)CCC[C@]5(C)[C@@]4(O)C=O)O[C@@]34C2=C[C@@H](OC(C)=O)[C@H]2C(C)(C)CCC[C@@]24C)C2=C(C(=O)OC2)[C@@]2(C)CCCC(C)(C)[C@H]12. The van der Waals surface area contributed by atoms with Crippen LogP contribution in [0.4, 0.5) is 0 Å². The van der Waals surface area contributed by atoms with Crippen molar-refractivity contribution in [3.8, 4) is 0 Å². The van der Waals surface area contributed by atoms with Crippen molar-refractivity contribution in [3.05, 3.63) is 34.4 Å². The van der Waals surface area contributed by atoms with Crippen LogP contribution in [0, 0.1) is 50.2 Å². The van der Waals surface area contributed by atoms with E-state index in [1.54, 1.807) is 6.08 Å². The maximum atomic E-state index is 13.8. The lowest BCUT2D eigenvalue weighted by molar-refractivity contribution is -0.243. The lowest BCUT2D eigenvalue weighted by atomic mass is 9.46. The van der Waals surface area contributed by atoms with Gasteiger partial charge in [0.15, 0.2) is 36.4 Å². The fraction of sp³-hybridized carbons (Fsp3) is 0.784. The summed E-state index contributed by atoms with van der Waals surface area (Å²) in [5.41, 5.74) is -5.56. The van der Waals surface area contributed by atoms with E-state index in [4.69, 9.17) is 37.9 Å². The molecule has 15 atom stereocenters. The van der Waals surface area contributed by atoms with Gasteiger partial charge in [0.2, 0.25) is 0 Å². The first-order valence-electron chi connectivity index (χ1n) is 23.9. The fourth-order valence-electron chi connectivity index (χ4n) is 16.4.